The number of carbonyl (C=O) groups excluding carboxylic acids is 1. The molecular weight excluding hydrogens is 232 g/mol. The van der Waals surface area contributed by atoms with Gasteiger partial charge in [-0.3, -0.25) is 9.59 Å². The Morgan fingerprint density at radius 2 is 1.94 bits per heavy atom. The minimum atomic E-state index is -0.788. The van der Waals surface area contributed by atoms with E-state index in [0.29, 0.717) is 13.0 Å². The van der Waals surface area contributed by atoms with Gasteiger partial charge in [0.2, 0.25) is 5.91 Å². The summed E-state index contributed by atoms with van der Waals surface area (Å²) in [4.78, 5) is 23.2. The first-order valence-electron chi connectivity index (χ1n) is 6.74. The molecule has 5 nitrogen and oxygen atoms in total. The number of rotatable bonds is 5. The minimum Gasteiger partial charge on any atom is -0.481 e. The Hall–Kier alpha value is -1.10. The molecule has 0 radical (unpaired) electrons. The Labute approximate surface area is 108 Å². The minimum absolute atomic E-state index is 0.0532. The Balaban J connectivity index is 2.60. The standard InChI is InChI=1S/C13H24N2O3/c1-9(8-14-2)12(16)15-11-7-5-3-4-6-10(11)13(17)18/h9-11,14H,3-8H2,1-2H3,(H,15,16)(H,17,18). The molecule has 3 unspecified atom stereocenters. The number of hydrogen-bond donors (Lipinski definition) is 3. The highest BCUT2D eigenvalue weighted by atomic mass is 16.4. The van der Waals surface area contributed by atoms with Gasteiger partial charge in [0.25, 0.3) is 0 Å². The third-order valence-electron chi connectivity index (χ3n) is 3.62. The quantitative estimate of drug-likeness (QED) is 0.641. The van der Waals surface area contributed by atoms with Crippen molar-refractivity contribution in [1.82, 2.24) is 10.6 Å². The Bertz CT molecular complexity index is 294. The molecule has 3 N–H and O–H groups in total. The average molecular weight is 256 g/mol. The monoisotopic (exact) mass is 256 g/mol. The summed E-state index contributed by atoms with van der Waals surface area (Å²) in [6.45, 7) is 2.45. The van der Waals surface area contributed by atoms with Crippen LogP contribution in [0.1, 0.15) is 39.0 Å². The van der Waals surface area contributed by atoms with Gasteiger partial charge in [-0.15, -0.1) is 0 Å². The first-order chi connectivity index (χ1) is 8.56. The van der Waals surface area contributed by atoms with Gasteiger partial charge in [0.05, 0.1) is 5.92 Å². The molecule has 1 fully saturated rings. The SMILES string of the molecule is CNCC(C)C(=O)NC1CCCCCC1C(=O)O. The van der Waals surface area contributed by atoms with E-state index < -0.39 is 11.9 Å². The predicted molar refractivity (Wildman–Crippen MR) is 69.2 cm³/mol. The predicted octanol–water partition coefficient (Wildman–Crippen LogP) is 0.992. The fraction of sp³-hybridized carbons (Fsp3) is 0.846. The van der Waals surface area contributed by atoms with Crippen molar-refractivity contribution in [2.45, 2.75) is 45.1 Å². The van der Waals surface area contributed by atoms with E-state index in [4.69, 9.17) is 0 Å². The molecule has 0 spiro atoms. The molecule has 5 heteroatoms. The maximum absolute atomic E-state index is 11.9. The number of carboxylic acid groups (broad SMARTS) is 1. The number of carbonyl (C=O) groups is 2. The molecule has 3 atom stereocenters. The van der Waals surface area contributed by atoms with E-state index in [2.05, 4.69) is 10.6 Å². The lowest BCUT2D eigenvalue weighted by Gasteiger charge is -2.24. The van der Waals surface area contributed by atoms with Gasteiger partial charge in [-0.05, 0) is 19.9 Å². The molecule has 104 valence electrons. The van der Waals surface area contributed by atoms with Crippen molar-refractivity contribution >= 4 is 11.9 Å². The third-order valence-corrected chi connectivity index (χ3v) is 3.62. The van der Waals surface area contributed by atoms with Crippen LogP contribution >= 0.6 is 0 Å². The summed E-state index contributed by atoms with van der Waals surface area (Å²) in [5, 5.41) is 15.1. The van der Waals surface area contributed by atoms with Crippen LogP contribution in [0.5, 0.6) is 0 Å². The van der Waals surface area contributed by atoms with Gasteiger partial charge in [0.1, 0.15) is 0 Å². The second-order valence-electron chi connectivity index (χ2n) is 5.16. The van der Waals surface area contributed by atoms with Gasteiger partial charge >= 0.3 is 5.97 Å². The van der Waals surface area contributed by atoms with E-state index in [0.717, 1.165) is 25.7 Å². The van der Waals surface area contributed by atoms with Crippen LogP contribution in [0.15, 0.2) is 0 Å². The van der Waals surface area contributed by atoms with Crippen LogP contribution in [0.2, 0.25) is 0 Å². The molecule has 18 heavy (non-hydrogen) atoms. The normalized spacial score (nSPS) is 26.1. The summed E-state index contributed by atoms with van der Waals surface area (Å²) in [5.74, 6) is -1.41. The molecule has 0 bridgehead atoms. The lowest BCUT2D eigenvalue weighted by Crippen LogP contribution is -2.46. The molecule has 1 aliphatic rings. The fourth-order valence-electron chi connectivity index (χ4n) is 2.50. The second-order valence-corrected chi connectivity index (χ2v) is 5.16. The van der Waals surface area contributed by atoms with E-state index in [-0.39, 0.29) is 17.9 Å². The van der Waals surface area contributed by atoms with Gasteiger partial charge < -0.3 is 15.7 Å². The van der Waals surface area contributed by atoms with Crippen molar-refractivity contribution < 1.29 is 14.7 Å². The summed E-state index contributed by atoms with van der Waals surface area (Å²) in [7, 11) is 1.80. The van der Waals surface area contributed by atoms with Gasteiger partial charge in [0.15, 0.2) is 0 Å². The van der Waals surface area contributed by atoms with Crippen LogP contribution in [0.3, 0.4) is 0 Å². The molecule has 0 aromatic rings. The smallest absolute Gasteiger partial charge is 0.308 e. The summed E-state index contributed by atoms with van der Waals surface area (Å²) in [5.41, 5.74) is 0. The van der Waals surface area contributed by atoms with Crippen molar-refractivity contribution in [2.75, 3.05) is 13.6 Å². The van der Waals surface area contributed by atoms with Gasteiger partial charge in [-0.2, -0.15) is 0 Å². The molecule has 0 saturated heterocycles. The van der Waals surface area contributed by atoms with E-state index in [1.165, 1.54) is 0 Å². The highest BCUT2D eigenvalue weighted by molar-refractivity contribution is 5.80. The zero-order valence-corrected chi connectivity index (χ0v) is 11.2. The van der Waals surface area contributed by atoms with Crippen LogP contribution in [0.25, 0.3) is 0 Å². The number of amides is 1. The molecule has 0 aromatic carbocycles. The van der Waals surface area contributed by atoms with Gasteiger partial charge in [-0.1, -0.05) is 26.2 Å². The zero-order valence-electron chi connectivity index (χ0n) is 11.2. The molecule has 0 aromatic heterocycles. The molecule has 0 heterocycles. The molecule has 1 aliphatic carbocycles. The third kappa shape index (κ3) is 4.29. The fourth-order valence-corrected chi connectivity index (χ4v) is 2.50. The topological polar surface area (TPSA) is 78.4 Å². The largest absolute Gasteiger partial charge is 0.481 e. The molecular formula is C13H24N2O3. The Morgan fingerprint density at radius 3 is 2.56 bits per heavy atom. The summed E-state index contributed by atoms with van der Waals surface area (Å²) < 4.78 is 0. The lowest BCUT2D eigenvalue weighted by atomic mass is 9.94. The summed E-state index contributed by atoms with van der Waals surface area (Å²) >= 11 is 0. The molecule has 1 amide bonds. The Morgan fingerprint density at radius 1 is 1.28 bits per heavy atom. The van der Waals surface area contributed by atoms with Crippen molar-refractivity contribution in [1.29, 1.82) is 0 Å². The van der Waals surface area contributed by atoms with Gasteiger partial charge in [-0.25, -0.2) is 0 Å². The molecule has 1 rings (SSSR count). The lowest BCUT2D eigenvalue weighted by molar-refractivity contribution is -0.143. The van der Waals surface area contributed by atoms with Crippen molar-refractivity contribution in [3.63, 3.8) is 0 Å². The number of carboxylic acids is 1. The first kappa shape index (κ1) is 15.0. The highest BCUT2D eigenvalue weighted by Gasteiger charge is 2.31. The molecule has 1 saturated carbocycles. The first-order valence-corrected chi connectivity index (χ1v) is 6.74. The average Bonchev–Trinajstić information content (AvgIpc) is 2.54. The second kappa shape index (κ2) is 7.36. The van der Waals surface area contributed by atoms with Crippen molar-refractivity contribution in [3.05, 3.63) is 0 Å². The van der Waals surface area contributed by atoms with Crippen LogP contribution in [0.4, 0.5) is 0 Å². The van der Waals surface area contributed by atoms with E-state index in [9.17, 15) is 14.7 Å². The zero-order chi connectivity index (χ0) is 13.5. The highest BCUT2D eigenvalue weighted by Crippen LogP contribution is 2.24. The van der Waals surface area contributed by atoms with Crippen LogP contribution in [-0.4, -0.2) is 36.6 Å². The van der Waals surface area contributed by atoms with Crippen molar-refractivity contribution in [3.8, 4) is 0 Å². The van der Waals surface area contributed by atoms with E-state index in [1.807, 2.05) is 6.92 Å². The van der Waals surface area contributed by atoms with Crippen LogP contribution < -0.4 is 10.6 Å². The molecule has 0 aliphatic heterocycles. The summed E-state index contributed by atoms with van der Waals surface area (Å²) in [6.07, 6.45) is 4.43. The maximum Gasteiger partial charge on any atom is 0.308 e. The maximum atomic E-state index is 11.9. The van der Waals surface area contributed by atoms with E-state index >= 15 is 0 Å². The van der Waals surface area contributed by atoms with E-state index in [1.54, 1.807) is 7.05 Å². The number of hydrogen-bond acceptors (Lipinski definition) is 3. The number of aliphatic carboxylic acids is 1. The van der Waals surface area contributed by atoms with Crippen LogP contribution in [-0.2, 0) is 9.59 Å². The van der Waals surface area contributed by atoms with Crippen LogP contribution in [0, 0.1) is 11.8 Å². The van der Waals surface area contributed by atoms with Crippen molar-refractivity contribution in [2.24, 2.45) is 11.8 Å². The number of nitrogens with one attached hydrogen (secondary N) is 2. The Kier molecular flexibility index (Phi) is 6.12. The van der Waals surface area contributed by atoms with Gasteiger partial charge in [0, 0.05) is 18.5 Å². The summed E-state index contributed by atoms with van der Waals surface area (Å²) in [6, 6.07) is -0.211.